The molecule has 1 aliphatic carbocycles. The summed E-state index contributed by atoms with van der Waals surface area (Å²) in [6, 6.07) is 9.50. The van der Waals surface area contributed by atoms with Crippen molar-refractivity contribution in [2.24, 2.45) is 0 Å². The lowest BCUT2D eigenvalue weighted by Gasteiger charge is -2.21. The molecule has 0 atom stereocenters. The van der Waals surface area contributed by atoms with Crippen molar-refractivity contribution in [3.05, 3.63) is 58.1 Å². The summed E-state index contributed by atoms with van der Waals surface area (Å²) in [5, 5.41) is 10.7. The first-order chi connectivity index (χ1) is 13.9. The summed E-state index contributed by atoms with van der Waals surface area (Å²) in [6.07, 6.45) is 4.02. The number of nitrogens with zero attached hydrogens (tertiary/aromatic N) is 2. The number of hydrogen-bond acceptors (Lipinski definition) is 4. The molecule has 0 saturated heterocycles. The zero-order chi connectivity index (χ0) is 20.7. The highest BCUT2D eigenvalue weighted by atomic mass is 16.5. The minimum atomic E-state index is -0.247. The van der Waals surface area contributed by atoms with Crippen LogP contribution in [0.15, 0.2) is 41.3 Å². The second kappa shape index (κ2) is 7.35. The topological polar surface area (TPSA) is 70.5 Å². The number of benzene rings is 2. The molecule has 152 valence electrons. The van der Waals surface area contributed by atoms with Gasteiger partial charge in [0.25, 0.3) is 0 Å². The van der Waals surface area contributed by atoms with Crippen LogP contribution in [0.1, 0.15) is 36.8 Å². The van der Waals surface area contributed by atoms with E-state index in [2.05, 4.69) is 16.8 Å². The van der Waals surface area contributed by atoms with Crippen LogP contribution < -0.4 is 15.3 Å². The summed E-state index contributed by atoms with van der Waals surface area (Å²) in [6.45, 7) is 4.89. The van der Waals surface area contributed by atoms with E-state index >= 15 is 0 Å². The Kier molecular flexibility index (Phi) is 4.86. The number of aromatic nitrogens is 2. The van der Waals surface area contributed by atoms with Crippen LogP contribution in [0.4, 0.5) is 5.69 Å². The first kappa shape index (κ1) is 19.2. The number of imidazole rings is 1. The van der Waals surface area contributed by atoms with Gasteiger partial charge in [-0.25, -0.2) is 4.79 Å². The Bertz CT molecular complexity index is 1110. The minimum Gasteiger partial charge on any atom is -0.507 e. The molecule has 1 fully saturated rings. The van der Waals surface area contributed by atoms with E-state index in [1.54, 1.807) is 23.9 Å². The number of nitrogens with one attached hydrogen (secondary N) is 1. The number of aromatic amines is 1. The van der Waals surface area contributed by atoms with Crippen LogP contribution in [0.5, 0.6) is 11.5 Å². The Labute approximate surface area is 170 Å². The number of phenols is 1. The predicted octanol–water partition coefficient (Wildman–Crippen LogP) is 4.19. The van der Waals surface area contributed by atoms with Crippen molar-refractivity contribution in [3.63, 3.8) is 0 Å². The van der Waals surface area contributed by atoms with Crippen molar-refractivity contribution in [1.29, 1.82) is 0 Å². The van der Waals surface area contributed by atoms with Gasteiger partial charge in [-0.15, -0.1) is 0 Å². The second-order valence-electron chi connectivity index (χ2n) is 7.69. The average molecular weight is 393 g/mol. The third-order valence-corrected chi connectivity index (χ3v) is 5.76. The van der Waals surface area contributed by atoms with Crippen molar-refractivity contribution in [1.82, 2.24) is 9.55 Å². The molecule has 3 aromatic rings. The van der Waals surface area contributed by atoms with Gasteiger partial charge in [0.15, 0.2) is 0 Å². The molecule has 2 N–H and O–H groups in total. The number of methoxy groups -OCH3 is 1. The standard InChI is InChI=1S/C23H27N3O3/c1-5-25(3)19-11-16(8-9-22(19)29-4)26-20(13-24-23(26)28)18-12-17(15-6-7-15)14(2)10-21(18)27/h8-13,15,27H,5-7H2,1-4H3,(H,24,28). The van der Waals surface area contributed by atoms with E-state index in [-0.39, 0.29) is 11.4 Å². The van der Waals surface area contributed by atoms with Crippen LogP contribution in [0.3, 0.4) is 0 Å². The Morgan fingerprint density at radius 2 is 2.03 bits per heavy atom. The van der Waals surface area contributed by atoms with Crippen molar-refractivity contribution in [2.75, 3.05) is 25.6 Å². The van der Waals surface area contributed by atoms with E-state index in [1.807, 2.05) is 38.2 Å². The smallest absolute Gasteiger partial charge is 0.330 e. The molecule has 0 bridgehead atoms. The Hall–Kier alpha value is -3.15. The lowest BCUT2D eigenvalue weighted by molar-refractivity contribution is 0.415. The molecule has 0 spiro atoms. The van der Waals surface area contributed by atoms with Gasteiger partial charge in [-0.3, -0.25) is 4.57 Å². The Morgan fingerprint density at radius 3 is 2.69 bits per heavy atom. The van der Waals surface area contributed by atoms with Crippen LogP contribution in [0, 0.1) is 6.92 Å². The summed E-state index contributed by atoms with van der Waals surface area (Å²) in [4.78, 5) is 17.6. The quantitative estimate of drug-likeness (QED) is 0.659. The molecule has 2 aromatic carbocycles. The minimum absolute atomic E-state index is 0.180. The first-order valence-corrected chi connectivity index (χ1v) is 9.98. The van der Waals surface area contributed by atoms with E-state index in [0.29, 0.717) is 17.2 Å². The maximum Gasteiger partial charge on any atom is 0.330 e. The van der Waals surface area contributed by atoms with Gasteiger partial charge in [-0.2, -0.15) is 0 Å². The largest absolute Gasteiger partial charge is 0.507 e. The zero-order valence-corrected chi connectivity index (χ0v) is 17.3. The highest BCUT2D eigenvalue weighted by molar-refractivity contribution is 5.72. The van der Waals surface area contributed by atoms with Crippen molar-refractivity contribution < 1.29 is 9.84 Å². The highest BCUT2D eigenvalue weighted by Crippen LogP contribution is 2.45. The lowest BCUT2D eigenvalue weighted by atomic mass is 9.98. The van der Waals surface area contributed by atoms with Gasteiger partial charge in [-0.1, -0.05) is 0 Å². The molecule has 1 saturated carbocycles. The molecule has 1 aliphatic rings. The molecule has 0 aliphatic heterocycles. The van der Waals surface area contributed by atoms with Gasteiger partial charge in [0, 0.05) is 25.4 Å². The number of aryl methyl sites for hydroxylation is 1. The van der Waals surface area contributed by atoms with E-state index in [0.717, 1.165) is 29.2 Å². The maximum atomic E-state index is 12.7. The molecule has 6 heteroatoms. The monoisotopic (exact) mass is 393 g/mol. The molecule has 1 aromatic heterocycles. The number of rotatable bonds is 6. The molecule has 6 nitrogen and oxygen atoms in total. The van der Waals surface area contributed by atoms with Crippen molar-refractivity contribution in [3.8, 4) is 28.4 Å². The van der Waals surface area contributed by atoms with E-state index in [4.69, 9.17) is 4.74 Å². The third kappa shape index (κ3) is 3.39. The molecular weight excluding hydrogens is 366 g/mol. The molecule has 4 rings (SSSR count). The number of hydrogen-bond donors (Lipinski definition) is 2. The Balaban J connectivity index is 1.88. The fraction of sp³-hybridized carbons (Fsp3) is 0.348. The number of H-pyrrole nitrogens is 1. The van der Waals surface area contributed by atoms with Crippen LogP contribution in [0.25, 0.3) is 16.9 Å². The maximum absolute atomic E-state index is 12.7. The summed E-state index contributed by atoms with van der Waals surface area (Å²) in [5.41, 5.74) is 5.02. The van der Waals surface area contributed by atoms with Gasteiger partial charge in [0.2, 0.25) is 0 Å². The third-order valence-electron chi connectivity index (χ3n) is 5.76. The van der Waals surface area contributed by atoms with Crippen LogP contribution in [-0.4, -0.2) is 35.4 Å². The van der Waals surface area contributed by atoms with Crippen molar-refractivity contribution in [2.45, 2.75) is 32.6 Å². The molecule has 0 unspecified atom stereocenters. The predicted molar refractivity (Wildman–Crippen MR) is 116 cm³/mol. The van der Waals surface area contributed by atoms with E-state index < -0.39 is 0 Å². The number of ether oxygens (including phenoxy) is 1. The molecule has 0 radical (unpaired) electrons. The summed E-state index contributed by atoms with van der Waals surface area (Å²) in [5.74, 6) is 1.48. The zero-order valence-electron chi connectivity index (χ0n) is 17.3. The van der Waals surface area contributed by atoms with Gasteiger partial charge >= 0.3 is 5.69 Å². The average Bonchev–Trinajstić information content (AvgIpc) is 3.49. The SMILES string of the molecule is CCN(C)c1cc(-n2c(-c3cc(C4CC4)c(C)cc3O)c[nH]c2=O)ccc1OC. The fourth-order valence-electron chi connectivity index (χ4n) is 3.86. The molecule has 0 amide bonds. The normalized spacial score (nSPS) is 13.5. The summed E-state index contributed by atoms with van der Waals surface area (Å²) in [7, 11) is 3.62. The number of phenolic OH excluding ortho intramolecular Hbond substituents is 1. The van der Waals surface area contributed by atoms with Crippen LogP contribution >= 0.6 is 0 Å². The lowest BCUT2D eigenvalue weighted by Crippen LogP contribution is -2.19. The molecule has 1 heterocycles. The Morgan fingerprint density at radius 1 is 1.28 bits per heavy atom. The van der Waals surface area contributed by atoms with Gasteiger partial charge in [-0.05, 0) is 74.1 Å². The molecule has 29 heavy (non-hydrogen) atoms. The second-order valence-corrected chi connectivity index (χ2v) is 7.69. The fourth-order valence-corrected chi connectivity index (χ4v) is 3.86. The number of anilines is 1. The van der Waals surface area contributed by atoms with Gasteiger partial charge in [0.05, 0.1) is 24.2 Å². The summed E-state index contributed by atoms with van der Waals surface area (Å²) < 4.78 is 7.09. The molecular formula is C23H27N3O3. The van der Waals surface area contributed by atoms with Gasteiger partial charge in [0.1, 0.15) is 11.5 Å². The van der Waals surface area contributed by atoms with Crippen LogP contribution in [-0.2, 0) is 0 Å². The van der Waals surface area contributed by atoms with Crippen LogP contribution in [0.2, 0.25) is 0 Å². The first-order valence-electron chi connectivity index (χ1n) is 9.98. The van der Waals surface area contributed by atoms with E-state index in [1.165, 1.54) is 18.4 Å². The van der Waals surface area contributed by atoms with Crippen molar-refractivity contribution >= 4 is 5.69 Å². The van der Waals surface area contributed by atoms with Gasteiger partial charge < -0.3 is 19.7 Å². The highest BCUT2D eigenvalue weighted by Gasteiger charge is 2.27. The van der Waals surface area contributed by atoms with E-state index in [9.17, 15) is 9.90 Å². The summed E-state index contributed by atoms with van der Waals surface area (Å²) >= 11 is 0. The number of aromatic hydroxyl groups is 1.